The Morgan fingerprint density at radius 3 is 2.78 bits per heavy atom. The van der Waals surface area contributed by atoms with Crippen LogP contribution >= 0.6 is 0 Å². The third-order valence-corrected chi connectivity index (χ3v) is 5.75. The van der Waals surface area contributed by atoms with Gasteiger partial charge in [-0.05, 0) is 36.3 Å². The molecule has 9 nitrogen and oxygen atoms in total. The molecule has 1 aromatic carbocycles. The van der Waals surface area contributed by atoms with Gasteiger partial charge in [0, 0.05) is 48.7 Å². The number of amides is 1. The maximum absolute atomic E-state index is 12.4. The highest BCUT2D eigenvalue weighted by Crippen LogP contribution is 2.28. The monoisotopic (exact) mass is 482 g/mol. The van der Waals surface area contributed by atoms with Crippen molar-refractivity contribution in [3.8, 4) is 23.6 Å². The maximum atomic E-state index is 12.4. The SMILES string of the molecule is C#CC(=O)Nc1cccc(-c2nccc3cnc(Nc4ccc(NC5CN(CCF)C5)nc4)nc23)c1. The van der Waals surface area contributed by atoms with Crippen LogP contribution in [0.4, 0.5) is 27.5 Å². The molecule has 180 valence electrons. The number of benzene rings is 1. The third-order valence-electron chi connectivity index (χ3n) is 5.75. The van der Waals surface area contributed by atoms with Crippen LogP contribution in [0.5, 0.6) is 0 Å². The fourth-order valence-electron chi connectivity index (χ4n) is 3.99. The first-order chi connectivity index (χ1) is 17.6. The van der Waals surface area contributed by atoms with Gasteiger partial charge >= 0.3 is 0 Å². The molecule has 0 spiro atoms. The van der Waals surface area contributed by atoms with E-state index in [1.807, 2.05) is 36.3 Å². The van der Waals surface area contributed by atoms with E-state index in [2.05, 4.69) is 40.8 Å². The quantitative estimate of drug-likeness (QED) is 0.328. The van der Waals surface area contributed by atoms with Crippen molar-refractivity contribution >= 4 is 40.0 Å². The molecule has 1 amide bonds. The van der Waals surface area contributed by atoms with E-state index in [9.17, 15) is 9.18 Å². The molecule has 0 aliphatic carbocycles. The molecule has 1 fully saturated rings. The number of halogens is 1. The summed E-state index contributed by atoms with van der Waals surface area (Å²) in [4.78, 5) is 31.7. The Morgan fingerprint density at radius 2 is 2.00 bits per heavy atom. The van der Waals surface area contributed by atoms with Crippen molar-refractivity contribution < 1.29 is 9.18 Å². The number of likely N-dealkylation sites (tertiary alicyclic amines) is 1. The van der Waals surface area contributed by atoms with Gasteiger partial charge in [-0.2, -0.15) is 0 Å². The molecule has 1 aliphatic rings. The lowest BCUT2D eigenvalue weighted by atomic mass is 10.1. The number of carbonyl (C=O) groups is 1. The summed E-state index contributed by atoms with van der Waals surface area (Å²) >= 11 is 0. The lowest BCUT2D eigenvalue weighted by Crippen LogP contribution is -2.55. The highest BCUT2D eigenvalue weighted by atomic mass is 19.1. The van der Waals surface area contributed by atoms with Crippen LogP contribution in [0.3, 0.4) is 0 Å². The summed E-state index contributed by atoms with van der Waals surface area (Å²) < 4.78 is 12.4. The Balaban J connectivity index is 1.32. The minimum absolute atomic E-state index is 0.274. The standard InChI is InChI=1S/C26H23FN8O/c1-2-23(36)32-19-5-3-4-17(12-19)24-25-18(8-10-28-24)13-30-26(34-25)33-20-6-7-22(29-14-20)31-21-15-35(16-21)11-9-27/h1,3-8,10,12-14,21H,9,11,15-16H2,(H,29,31)(H,32,36)(H,30,33,34). The molecule has 0 bridgehead atoms. The summed E-state index contributed by atoms with van der Waals surface area (Å²) in [6.07, 6.45) is 10.3. The number of rotatable bonds is 8. The molecule has 5 rings (SSSR count). The van der Waals surface area contributed by atoms with E-state index in [0.717, 1.165) is 35.5 Å². The number of nitrogens with one attached hydrogen (secondary N) is 3. The number of fused-ring (bicyclic) bond motifs is 1. The zero-order valence-electron chi connectivity index (χ0n) is 19.3. The van der Waals surface area contributed by atoms with E-state index in [0.29, 0.717) is 29.4 Å². The number of pyridine rings is 2. The van der Waals surface area contributed by atoms with Gasteiger partial charge in [-0.1, -0.05) is 12.1 Å². The lowest BCUT2D eigenvalue weighted by Gasteiger charge is -2.39. The van der Waals surface area contributed by atoms with Crippen LogP contribution in [-0.4, -0.2) is 63.1 Å². The summed E-state index contributed by atoms with van der Waals surface area (Å²) in [6.45, 7) is 1.78. The molecule has 0 radical (unpaired) electrons. The molecule has 4 aromatic rings. The molecule has 1 aliphatic heterocycles. The minimum Gasteiger partial charge on any atom is -0.365 e. The van der Waals surface area contributed by atoms with Crippen molar-refractivity contribution in [2.45, 2.75) is 6.04 Å². The van der Waals surface area contributed by atoms with E-state index in [1.54, 1.807) is 30.7 Å². The molecule has 3 aromatic heterocycles. The second-order valence-corrected chi connectivity index (χ2v) is 8.32. The van der Waals surface area contributed by atoms with Crippen molar-refractivity contribution in [1.82, 2.24) is 24.8 Å². The highest BCUT2D eigenvalue weighted by Gasteiger charge is 2.26. The summed E-state index contributed by atoms with van der Waals surface area (Å²) in [5.74, 6) is 2.68. The van der Waals surface area contributed by atoms with E-state index < -0.39 is 5.91 Å². The van der Waals surface area contributed by atoms with Crippen molar-refractivity contribution in [2.75, 3.05) is 42.3 Å². The van der Waals surface area contributed by atoms with Crippen LogP contribution in [-0.2, 0) is 4.79 Å². The first kappa shape index (κ1) is 23.1. The first-order valence-electron chi connectivity index (χ1n) is 11.4. The first-order valence-corrected chi connectivity index (χ1v) is 11.4. The predicted octanol–water partition coefficient (Wildman–Crippen LogP) is 3.47. The zero-order valence-corrected chi connectivity index (χ0v) is 19.3. The molecule has 0 saturated carbocycles. The summed E-state index contributed by atoms with van der Waals surface area (Å²) in [6, 6.07) is 13.1. The topological polar surface area (TPSA) is 108 Å². The van der Waals surface area contributed by atoms with Crippen molar-refractivity contribution in [3.63, 3.8) is 0 Å². The Morgan fingerprint density at radius 1 is 1.11 bits per heavy atom. The Kier molecular flexibility index (Phi) is 6.64. The van der Waals surface area contributed by atoms with Gasteiger partial charge in [0.25, 0.3) is 5.91 Å². The number of nitrogens with zero attached hydrogens (tertiary/aromatic N) is 5. The highest BCUT2D eigenvalue weighted by molar-refractivity contribution is 6.04. The maximum Gasteiger partial charge on any atom is 0.300 e. The van der Waals surface area contributed by atoms with Crippen LogP contribution in [0.2, 0.25) is 0 Å². The number of aromatic nitrogens is 4. The van der Waals surface area contributed by atoms with E-state index in [4.69, 9.17) is 6.42 Å². The van der Waals surface area contributed by atoms with Crippen LogP contribution in [0.15, 0.2) is 61.1 Å². The Bertz CT molecular complexity index is 1430. The number of terminal acetylenes is 1. The minimum atomic E-state index is -0.520. The van der Waals surface area contributed by atoms with E-state index >= 15 is 0 Å². The summed E-state index contributed by atoms with van der Waals surface area (Å²) in [7, 11) is 0. The molecular formula is C26H23FN8O. The average Bonchev–Trinajstić information content (AvgIpc) is 2.88. The van der Waals surface area contributed by atoms with Gasteiger partial charge in [-0.25, -0.2) is 19.3 Å². The Labute approximate surface area is 207 Å². The summed E-state index contributed by atoms with van der Waals surface area (Å²) in [5, 5.41) is 10.0. The number of hydrogen-bond donors (Lipinski definition) is 3. The molecule has 10 heteroatoms. The van der Waals surface area contributed by atoms with E-state index in [-0.39, 0.29) is 12.7 Å². The molecular weight excluding hydrogens is 459 g/mol. The summed E-state index contributed by atoms with van der Waals surface area (Å²) in [5.41, 5.74) is 3.38. The van der Waals surface area contributed by atoms with Crippen LogP contribution in [0.1, 0.15) is 0 Å². The lowest BCUT2D eigenvalue weighted by molar-refractivity contribution is -0.111. The van der Waals surface area contributed by atoms with Gasteiger partial charge in [-0.3, -0.25) is 14.7 Å². The molecule has 1 saturated heterocycles. The smallest absolute Gasteiger partial charge is 0.300 e. The molecule has 4 heterocycles. The molecule has 36 heavy (non-hydrogen) atoms. The predicted molar refractivity (Wildman–Crippen MR) is 138 cm³/mol. The van der Waals surface area contributed by atoms with Gasteiger partial charge in [0.15, 0.2) is 0 Å². The van der Waals surface area contributed by atoms with Crippen molar-refractivity contribution in [2.24, 2.45) is 0 Å². The number of hydrogen-bond acceptors (Lipinski definition) is 8. The molecule has 0 atom stereocenters. The van der Waals surface area contributed by atoms with Gasteiger partial charge < -0.3 is 16.0 Å². The van der Waals surface area contributed by atoms with Gasteiger partial charge in [0.2, 0.25) is 5.95 Å². The van der Waals surface area contributed by atoms with Crippen LogP contribution < -0.4 is 16.0 Å². The second-order valence-electron chi connectivity index (χ2n) is 8.32. The van der Waals surface area contributed by atoms with Crippen molar-refractivity contribution in [1.29, 1.82) is 0 Å². The largest absolute Gasteiger partial charge is 0.365 e. The molecule has 3 N–H and O–H groups in total. The van der Waals surface area contributed by atoms with Gasteiger partial charge in [0.1, 0.15) is 18.0 Å². The number of alkyl halides is 1. The number of carbonyl (C=O) groups excluding carboxylic acids is 1. The van der Waals surface area contributed by atoms with Crippen LogP contribution in [0.25, 0.3) is 22.2 Å². The van der Waals surface area contributed by atoms with Crippen molar-refractivity contribution in [3.05, 3.63) is 61.1 Å². The van der Waals surface area contributed by atoms with Crippen LogP contribution in [0, 0.1) is 12.3 Å². The normalized spacial score (nSPS) is 13.6. The van der Waals surface area contributed by atoms with E-state index in [1.165, 1.54) is 0 Å². The zero-order chi connectivity index (χ0) is 24.9. The number of anilines is 4. The second kappa shape index (κ2) is 10.3. The molecule has 0 unspecified atom stereocenters. The fourth-order valence-corrected chi connectivity index (χ4v) is 3.99. The average molecular weight is 483 g/mol. The van der Waals surface area contributed by atoms with Gasteiger partial charge in [-0.15, -0.1) is 6.42 Å². The Hall–Kier alpha value is -4.62. The fraction of sp³-hybridized carbons (Fsp3) is 0.192. The van der Waals surface area contributed by atoms with Gasteiger partial charge in [0.05, 0.1) is 23.6 Å². The third kappa shape index (κ3) is 5.21.